The number of piperazine rings is 1. The fourth-order valence-electron chi connectivity index (χ4n) is 4.41. The lowest BCUT2D eigenvalue weighted by Crippen LogP contribution is -2.58. The van der Waals surface area contributed by atoms with Gasteiger partial charge in [0.15, 0.2) is 0 Å². The zero-order valence-corrected chi connectivity index (χ0v) is 16.9. The molecule has 6 heteroatoms. The third-order valence-electron chi connectivity index (χ3n) is 5.95. The van der Waals surface area contributed by atoms with Crippen LogP contribution in [0.1, 0.15) is 49.3 Å². The predicted octanol–water partition coefficient (Wildman–Crippen LogP) is 4.72. The van der Waals surface area contributed by atoms with Crippen LogP contribution in [-0.4, -0.2) is 34.2 Å². The Morgan fingerprint density at radius 2 is 1.66 bits per heavy atom. The molecule has 4 nitrogen and oxygen atoms in total. The summed E-state index contributed by atoms with van der Waals surface area (Å²) in [5.41, 5.74) is 1.41. The quantitative estimate of drug-likeness (QED) is 0.726. The summed E-state index contributed by atoms with van der Waals surface area (Å²) in [6, 6.07) is 12.5. The van der Waals surface area contributed by atoms with E-state index in [1.165, 1.54) is 18.6 Å². The molecular weight excluding hydrogens is 391 g/mol. The molecule has 1 aliphatic heterocycles. The van der Waals surface area contributed by atoms with Crippen molar-refractivity contribution < 1.29 is 14.0 Å². The van der Waals surface area contributed by atoms with E-state index in [0.29, 0.717) is 10.6 Å². The molecule has 2 amide bonds. The maximum absolute atomic E-state index is 13.5. The van der Waals surface area contributed by atoms with Crippen molar-refractivity contribution in [3.8, 4) is 0 Å². The Balaban J connectivity index is 1.69. The van der Waals surface area contributed by atoms with E-state index in [0.717, 1.165) is 31.2 Å². The molecule has 1 saturated heterocycles. The Morgan fingerprint density at radius 3 is 2.34 bits per heavy atom. The van der Waals surface area contributed by atoms with Crippen molar-refractivity contribution >= 4 is 23.4 Å². The monoisotopic (exact) mass is 414 g/mol. The van der Waals surface area contributed by atoms with Crippen LogP contribution in [0.25, 0.3) is 0 Å². The summed E-state index contributed by atoms with van der Waals surface area (Å²) in [4.78, 5) is 30.0. The lowest BCUT2D eigenvalue weighted by molar-refractivity contribution is -0.160. The van der Waals surface area contributed by atoms with E-state index >= 15 is 0 Å². The maximum atomic E-state index is 13.5. The number of hydrogen-bond donors (Lipinski definition) is 0. The predicted molar refractivity (Wildman–Crippen MR) is 110 cm³/mol. The largest absolute Gasteiger partial charge is 0.328 e. The third kappa shape index (κ3) is 4.15. The van der Waals surface area contributed by atoms with Crippen LogP contribution in [0.15, 0.2) is 48.5 Å². The summed E-state index contributed by atoms with van der Waals surface area (Å²) in [6.07, 6.45) is 5.19. The number of nitrogens with zero attached hydrogens (tertiary/aromatic N) is 2. The van der Waals surface area contributed by atoms with E-state index < -0.39 is 6.04 Å². The minimum absolute atomic E-state index is 0.0878. The Kier molecular flexibility index (Phi) is 5.86. The number of rotatable bonds is 4. The molecule has 1 atom stereocenters. The average molecular weight is 415 g/mol. The number of benzene rings is 2. The molecule has 152 valence electrons. The molecule has 4 rings (SSSR count). The molecule has 2 fully saturated rings. The molecule has 0 spiro atoms. The van der Waals surface area contributed by atoms with Crippen LogP contribution >= 0.6 is 11.6 Å². The van der Waals surface area contributed by atoms with Gasteiger partial charge >= 0.3 is 0 Å². The van der Waals surface area contributed by atoms with Gasteiger partial charge < -0.3 is 9.80 Å². The highest BCUT2D eigenvalue weighted by atomic mass is 35.5. The van der Waals surface area contributed by atoms with Crippen LogP contribution in [0.2, 0.25) is 5.02 Å². The molecule has 1 aliphatic carbocycles. The van der Waals surface area contributed by atoms with Crippen molar-refractivity contribution in [2.75, 3.05) is 6.54 Å². The topological polar surface area (TPSA) is 40.6 Å². The van der Waals surface area contributed by atoms with Gasteiger partial charge in [-0.05, 0) is 42.2 Å². The zero-order chi connectivity index (χ0) is 20.4. The number of carbonyl (C=O) groups is 2. The van der Waals surface area contributed by atoms with E-state index in [1.54, 1.807) is 28.0 Å². The second-order valence-corrected chi connectivity index (χ2v) is 8.23. The van der Waals surface area contributed by atoms with Crippen molar-refractivity contribution in [1.29, 1.82) is 0 Å². The first-order valence-electron chi connectivity index (χ1n) is 10.1. The van der Waals surface area contributed by atoms with E-state index in [1.807, 2.05) is 18.2 Å². The molecule has 2 aromatic rings. The fourth-order valence-corrected chi connectivity index (χ4v) is 4.60. The number of halogens is 2. The standard InChI is InChI=1S/C23H24ClFN2O2/c24-20-9-5-4-6-17(20)14-27-21(28)15-26(19-7-2-1-3-8-19)23(29)22(27)16-10-12-18(25)13-11-16/h4-6,9-13,19,22H,1-3,7-8,14-15H2. The first kappa shape index (κ1) is 19.9. The molecule has 0 N–H and O–H groups in total. The molecule has 0 aromatic heterocycles. The highest BCUT2D eigenvalue weighted by molar-refractivity contribution is 6.31. The van der Waals surface area contributed by atoms with E-state index in [2.05, 4.69) is 0 Å². The first-order valence-corrected chi connectivity index (χ1v) is 10.5. The molecule has 0 bridgehead atoms. The van der Waals surface area contributed by atoms with Crippen LogP contribution in [0, 0.1) is 5.82 Å². The van der Waals surface area contributed by atoms with Gasteiger partial charge in [0.1, 0.15) is 18.4 Å². The van der Waals surface area contributed by atoms with Crippen molar-refractivity contribution in [3.05, 3.63) is 70.5 Å². The fraction of sp³-hybridized carbons (Fsp3) is 0.391. The second kappa shape index (κ2) is 8.54. The van der Waals surface area contributed by atoms with Crippen molar-refractivity contribution in [3.63, 3.8) is 0 Å². The summed E-state index contributed by atoms with van der Waals surface area (Å²) in [5, 5.41) is 0.556. The Morgan fingerprint density at radius 1 is 0.966 bits per heavy atom. The number of amides is 2. The Bertz CT molecular complexity index is 896. The molecular formula is C23H24ClFN2O2. The van der Waals surface area contributed by atoms with Gasteiger partial charge in [-0.25, -0.2) is 4.39 Å². The average Bonchev–Trinajstić information content (AvgIpc) is 2.74. The summed E-state index contributed by atoms with van der Waals surface area (Å²) < 4.78 is 13.5. The SMILES string of the molecule is O=C1C(c2ccc(F)cc2)N(Cc2ccccc2Cl)C(=O)CN1C1CCCCC1. The maximum Gasteiger partial charge on any atom is 0.250 e. The Labute approximate surface area is 175 Å². The van der Waals surface area contributed by atoms with Crippen LogP contribution in [0.3, 0.4) is 0 Å². The van der Waals surface area contributed by atoms with Crippen molar-refractivity contribution in [2.24, 2.45) is 0 Å². The number of carbonyl (C=O) groups excluding carboxylic acids is 2. The van der Waals surface area contributed by atoms with Gasteiger partial charge in [-0.3, -0.25) is 9.59 Å². The van der Waals surface area contributed by atoms with E-state index in [4.69, 9.17) is 11.6 Å². The highest BCUT2D eigenvalue weighted by Gasteiger charge is 2.43. The van der Waals surface area contributed by atoms with Gasteiger partial charge in [-0.15, -0.1) is 0 Å². The van der Waals surface area contributed by atoms with Crippen molar-refractivity contribution in [1.82, 2.24) is 9.80 Å². The highest BCUT2D eigenvalue weighted by Crippen LogP contribution is 2.34. The summed E-state index contributed by atoms with van der Waals surface area (Å²) in [7, 11) is 0. The normalized spacial score (nSPS) is 21.0. The Hall–Kier alpha value is -2.40. The first-order chi connectivity index (χ1) is 14.0. The second-order valence-electron chi connectivity index (χ2n) is 7.83. The van der Waals surface area contributed by atoms with E-state index in [9.17, 15) is 14.0 Å². The van der Waals surface area contributed by atoms with Crippen LogP contribution in [-0.2, 0) is 16.1 Å². The van der Waals surface area contributed by atoms with Crippen molar-refractivity contribution in [2.45, 2.75) is 50.7 Å². The number of hydrogen-bond acceptors (Lipinski definition) is 2. The molecule has 2 aromatic carbocycles. The molecule has 0 radical (unpaired) electrons. The van der Waals surface area contributed by atoms with E-state index in [-0.39, 0.29) is 36.8 Å². The summed E-state index contributed by atoms with van der Waals surface area (Å²) in [5.74, 6) is -0.565. The van der Waals surface area contributed by atoms with Gasteiger partial charge in [0.25, 0.3) is 5.91 Å². The third-order valence-corrected chi connectivity index (χ3v) is 6.32. The van der Waals surface area contributed by atoms with Gasteiger partial charge in [-0.1, -0.05) is 61.2 Å². The molecule has 1 saturated carbocycles. The van der Waals surface area contributed by atoms with Gasteiger partial charge in [0.2, 0.25) is 5.91 Å². The van der Waals surface area contributed by atoms with Crippen LogP contribution < -0.4 is 0 Å². The zero-order valence-electron chi connectivity index (χ0n) is 16.2. The lowest BCUT2D eigenvalue weighted by atomic mass is 9.91. The van der Waals surface area contributed by atoms with Crippen LogP contribution in [0.4, 0.5) is 4.39 Å². The minimum Gasteiger partial charge on any atom is -0.328 e. The van der Waals surface area contributed by atoms with Crippen LogP contribution in [0.5, 0.6) is 0 Å². The van der Waals surface area contributed by atoms with Gasteiger partial charge in [0, 0.05) is 17.6 Å². The lowest BCUT2D eigenvalue weighted by Gasteiger charge is -2.44. The van der Waals surface area contributed by atoms with Gasteiger partial charge in [0.05, 0.1) is 0 Å². The minimum atomic E-state index is -0.768. The van der Waals surface area contributed by atoms with Gasteiger partial charge in [-0.2, -0.15) is 0 Å². The molecule has 29 heavy (non-hydrogen) atoms. The molecule has 1 unspecified atom stereocenters. The molecule has 2 aliphatic rings. The smallest absolute Gasteiger partial charge is 0.250 e. The summed E-state index contributed by atoms with van der Waals surface area (Å²) >= 11 is 6.31. The summed E-state index contributed by atoms with van der Waals surface area (Å²) in [6.45, 7) is 0.330. The molecule has 1 heterocycles.